The van der Waals surface area contributed by atoms with Gasteiger partial charge >= 0.3 is 0 Å². The molecule has 1 fully saturated rings. The molecule has 0 spiro atoms. The van der Waals surface area contributed by atoms with E-state index in [1.54, 1.807) is 24.3 Å². The molecular weight excluding hydrogens is 326 g/mol. The van der Waals surface area contributed by atoms with Gasteiger partial charge in [0.25, 0.3) is 5.91 Å². The van der Waals surface area contributed by atoms with E-state index in [1.165, 1.54) is 6.92 Å². The maximum absolute atomic E-state index is 11.9. The first-order valence-corrected chi connectivity index (χ1v) is 6.69. The number of aliphatic imine (C=N–C) groups is 1. The van der Waals surface area contributed by atoms with E-state index < -0.39 is 17.6 Å². The van der Waals surface area contributed by atoms with Gasteiger partial charge in [0.05, 0.1) is 12.1 Å². The Morgan fingerprint density at radius 1 is 1.25 bits per heavy atom. The number of benzene rings is 1. The molecule has 1 heterocycles. The maximum atomic E-state index is 11.9. The molecule has 1 aromatic carbocycles. The molecule has 1 atom stereocenters. The summed E-state index contributed by atoms with van der Waals surface area (Å²) in [4.78, 5) is 38.8. The van der Waals surface area contributed by atoms with Gasteiger partial charge in [0.15, 0.2) is 11.7 Å². The highest BCUT2D eigenvalue weighted by molar-refractivity contribution is 9.10. The standard InChI is InChI=1S/C13H12BrN3O3/c1-7(18)6-10(19)11-12(16-17-13(11)20)15-9-4-2-8(14)3-5-9/h2-5,11H,6H2,1H3,(H,15,16)(H,17,20). The highest BCUT2D eigenvalue weighted by Gasteiger charge is 2.37. The molecule has 1 amide bonds. The SMILES string of the molecule is CC(=O)CC(=O)C1C(=O)NNC1=Nc1ccc(Br)cc1. The lowest BCUT2D eigenvalue weighted by Crippen LogP contribution is -2.29. The first-order valence-electron chi connectivity index (χ1n) is 5.89. The lowest BCUT2D eigenvalue weighted by Gasteiger charge is -2.05. The number of halogens is 1. The molecule has 2 N–H and O–H groups in total. The van der Waals surface area contributed by atoms with E-state index in [1.807, 2.05) is 0 Å². The molecule has 7 heteroatoms. The van der Waals surface area contributed by atoms with Gasteiger partial charge < -0.3 is 0 Å². The van der Waals surface area contributed by atoms with E-state index >= 15 is 0 Å². The van der Waals surface area contributed by atoms with Crippen LogP contribution in [0.2, 0.25) is 0 Å². The van der Waals surface area contributed by atoms with Crippen LogP contribution in [0.5, 0.6) is 0 Å². The molecule has 6 nitrogen and oxygen atoms in total. The topological polar surface area (TPSA) is 87.6 Å². The average molecular weight is 338 g/mol. The second-order valence-corrected chi connectivity index (χ2v) is 5.28. The summed E-state index contributed by atoms with van der Waals surface area (Å²) in [6.45, 7) is 1.31. The minimum absolute atomic E-state index is 0.212. The lowest BCUT2D eigenvalue weighted by atomic mass is 9.99. The van der Waals surface area contributed by atoms with Crippen LogP contribution >= 0.6 is 15.9 Å². The molecule has 2 rings (SSSR count). The molecule has 20 heavy (non-hydrogen) atoms. The number of nitrogens with zero attached hydrogens (tertiary/aromatic N) is 1. The third-order valence-corrected chi connectivity index (χ3v) is 3.20. The molecule has 1 unspecified atom stereocenters. The van der Waals surface area contributed by atoms with Crippen LogP contribution < -0.4 is 10.9 Å². The zero-order chi connectivity index (χ0) is 14.7. The molecule has 0 aliphatic carbocycles. The number of nitrogens with one attached hydrogen (secondary N) is 2. The van der Waals surface area contributed by atoms with Gasteiger partial charge in [-0.3, -0.25) is 25.2 Å². The minimum Gasteiger partial charge on any atom is -0.300 e. The monoisotopic (exact) mass is 337 g/mol. The number of amidine groups is 1. The van der Waals surface area contributed by atoms with Crippen molar-refractivity contribution in [3.8, 4) is 0 Å². The van der Waals surface area contributed by atoms with Gasteiger partial charge in [0.1, 0.15) is 11.6 Å². The fourth-order valence-electron chi connectivity index (χ4n) is 1.79. The van der Waals surface area contributed by atoms with E-state index in [9.17, 15) is 14.4 Å². The molecule has 1 aliphatic rings. The summed E-state index contributed by atoms with van der Waals surface area (Å²) < 4.78 is 0.902. The predicted octanol–water partition coefficient (Wildman–Crippen LogP) is 1.28. The Kier molecular flexibility index (Phi) is 4.29. The first-order chi connectivity index (χ1) is 9.47. The van der Waals surface area contributed by atoms with E-state index in [0.717, 1.165) is 4.47 Å². The zero-order valence-electron chi connectivity index (χ0n) is 10.6. The Balaban J connectivity index is 2.25. The van der Waals surface area contributed by atoms with Gasteiger partial charge in [-0.25, -0.2) is 4.99 Å². The number of rotatable bonds is 4. The Hall–Kier alpha value is -2.02. The van der Waals surface area contributed by atoms with Gasteiger partial charge in [-0.2, -0.15) is 0 Å². The molecule has 0 radical (unpaired) electrons. The van der Waals surface area contributed by atoms with Gasteiger partial charge in [-0.15, -0.1) is 0 Å². The van der Waals surface area contributed by atoms with Crippen LogP contribution in [-0.4, -0.2) is 23.3 Å². The van der Waals surface area contributed by atoms with Crippen molar-refractivity contribution in [1.29, 1.82) is 0 Å². The Labute approximate surface area is 123 Å². The van der Waals surface area contributed by atoms with Crippen LogP contribution in [0.1, 0.15) is 13.3 Å². The summed E-state index contributed by atoms with van der Waals surface area (Å²) in [5, 5.41) is 0. The van der Waals surface area contributed by atoms with Gasteiger partial charge in [-0.05, 0) is 31.2 Å². The second kappa shape index (κ2) is 5.96. The number of hydrazine groups is 1. The Morgan fingerprint density at radius 3 is 2.50 bits per heavy atom. The van der Waals surface area contributed by atoms with Crippen molar-refractivity contribution in [2.24, 2.45) is 10.9 Å². The molecule has 1 saturated heterocycles. The lowest BCUT2D eigenvalue weighted by molar-refractivity contribution is -0.131. The minimum atomic E-state index is -1.05. The summed E-state index contributed by atoms with van der Waals surface area (Å²) in [6.07, 6.45) is -0.279. The molecule has 1 aromatic rings. The smallest absolute Gasteiger partial charge is 0.256 e. The quantitative estimate of drug-likeness (QED) is 0.810. The highest BCUT2D eigenvalue weighted by Crippen LogP contribution is 2.19. The van der Waals surface area contributed by atoms with E-state index in [2.05, 4.69) is 31.8 Å². The van der Waals surface area contributed by atoms with E-state index in [-0.39, 0.29) is 18.0 Å². The first kappa shape index (κ1) is 14.4. The number of Topliss-reactive ketones (excluding diaryl/α,β-unsaturated/α-hetero) is 2. The van der Waals surface area contributed by atoms with Crippen molar-refractivity contribution in [1.82, 2.24) is 10.9 Å². The summed E-state index contributed by atoms with van der Waals surface area (Å²) >= 11 is 3.31. The zero-order valence-corrected chi connectivity index (χ0v) is 12.2. The summed E-state index contributed by atoms with van der Waals surface area (Å²) in [7, 11) is 0. The van der Waals surface area contributed by atoms with Crippen LogP contribution in [0.25, 0.3) is 0 Å². The molecule has 0 saturated carbocycles. The second-order valence-electron chi connectivity index (χ2n) is 4.37. The van der Waals surface area contributed by atoms with Crippen LogP contribution in [0.3, 0.4) is 0 Å². The van der Waals surface area contributed by atoms with Gasteiger partial charge in [0, 0.05) is 4.47 Å². The Morgan fingerprint density at radius 2 is 1.90 bits per heavy atom. The number of carbonyl (C=O) groups excluding carboxylic acids is 3. The summed E-state index contributed by atoms with van der Waals surface area (Å²) in [6, 6.07) is 7.09. The number of ketones is 2. The molecule has 1 aliphatic heterocycles. The third-order valence-electron chi connectivity index (χ3n) is 2.67. The van der Waals surface area contributed by atoms with Crippen molar-refractivity contribution in [3.05, 3.63) is 28.7 Å². The van der Waals surface area contributed by atoms with Gasteiger partial charge in [0.2, 0.25) is 0 Å². The van der Waals surface area contributed by atoms with Crippen molar-refractivity contribution < 1.29 is 14.4 Å². The van der Waals surface area contributed by atoms with Crippen molar-refractivity contribution >= 4 is 44.9 Å². The number of hydrogen-bond acceptors (Lipinski definition) is 4. The third kappa shape index (κ3) is 3.30. The largest absolute Gasteiger partial charge is 0.300 e. The molecule has 0 aromatic heterocycles. The average Bonchev–Trinajstić information content (AvgIpc) is 2.72. The maximum Gasteiger partial charge on any atom is 0.256 e. The fraction of sp³-hybridized carbons (Fsp3) is 0.231. The fourth-order valence-corrected chi connectivity index (χ4v) is 2.05. The summed E-state index contributed by atoms with van der Waals surface area (Å²) in [5.74, 6) is -2.08. The van der Waals surface area contributed by atoms with Crippen LogP contribution in [0.15, 0.2) is 33.7 Å². The Bertz CT molecular complexity index is 595. The predicted molar refractivity (Wildman–Crippen MR) is 76.3 cm³/mol. The highest BCUT2D eigenvalue weighted by atomic mass is 79.9. The van der Waals surface area contributed by atoms with Crippen molar-refractivity contribution in [2.45, 2.75) is 13.3 Å². The van der Waals surface area contributed by atoms with Crippen LogP contribution in [-0.2, 0) is 14.4 Å². The van der Waals surface area contributed by atoms with E-state index in [4.69, 9.17) is 0 Å². The normalized spacial score (nSPS) is 19.6. The van der Waals surface area contributed by atoms with Gasteiger partial charge in [-0.1, -0.05) is 15.9 Å². The van der Waals surface area contributed by atoms with E-state index in [0.29, 0.717) is 5.69 Å². The number of carbonyl (C=O) groups is 3. The van der Waals surface area contributed by atoms with Crippen molar-refractivity contribution in [2.75, 3.05) is 0 Å². The van der Waals surface area contributed by atoms with Crippen LogP contribution in [0, 0.1) is 5.92 Å². The number of hydrogen-bond donors (Lipinski definition) is 2. The number of amides is 1. The molecular formula is C13H12BrN3O3. The van der Waals surface area contributed by atoms with Crippen molar-refractivity contribution in [3.63, 3.8) is 0 Å². The molecule has 0 bridgehead atoms. The van der Waals surface area contributed by atoms with Crippen LogP contribution in [0.4, 0.5) is 5.69 Å². The summed E-state index contributed by atoms with van der Waals surface area (Å²) in [5.41, 5.74) is 5.53. The molecule has 104 valence electrons.